The molecule has 0 unspecified atom stereocenters. The molecule has 2 aliphatic heterocycles. The average molecular weight is 476 g/mol. The van der Waals surface area contributed by atoms with Crippen molar-refractivity contribution in [3.63, 3.8) is 0 Å². The number of ketones is 1. The van der Waals surface area contributed by atoms with E-state index >= 15 is 0 Å². The van der Waals surface area contributed by atoms with Crippen molar-refractivity contribution < 1.29 is 23.9 Å². The topological polar surface area (TPSA) is 117 Å². The van der Waals surface area contributed by atoms with Gasteiger partial charge in [-0.3, -0.25) is 14.9 Å². The lowest BCUT2D eigenvalue weighted by Gasteiger charge is -2.44. The van der Waals surface area contributed by atoms with Crippen molar-refractivity contribution in [1.29, 1.82) is 0 Å². The van der Waals surface area contributed by atoms with E-state index in [4.69, 9.17) is 14.2 Å². The van der Waals surface area contributed by atoms with Gasteiger partial charge in [-0.15, -0.1) is 10.2 Å². The van der Waals surface area contributed by atoms with Crippen molar-refractivity contribution in [2.24, 2.45) is 0 Å². The van der Waals surface area contributed by atoms with E-state index < -0.39 is 10.5 Å². The van der Waals surface area contributed by atoms with Crippen LogP contribution in [0.1, 0.15) is 29.6 Å². The number of carbonyl (C=O) groups excluding carboxylic acids is 1. The van der Waals surface area contributed by atoms with Crippen LogP contribution in [0.5, 0.6) is 17.2 Å². The van der Waals surface area contributed by atoms with Crippen molar-refractivity contribution in [2.75, 3.05) is 32.2 Å². The third-order valence-electron chi connectivity index (χ3n) is 6.59. The Morgan fingerprint density at radius 3 is 2.51 bits per heavy atom. The van der Waals surface area contributed by atoms with Crippen molar-refractivity contribution >= 4 is 17.3 Å². The number of nitro benzene ring substituents is 1. The molecule has 2 aliphatic rings. The molecule has 35 heavy (non-hydrogen) atoms. The second-order valence-electron chi connectivity index (χ2n) is 8.66. The molecule has 0 aliphatic carbocycles. The highest BCUT2D eigenvalue weighted by atomic mass is 16.6. The van der Waals surface area contributed by atoms with Crippen LogP contribution in [0, 0.1) is 10.1 Å². The van der Waals surface area contributed by atoms with Gasteiger partial charge in [-0.2, -0.15) is 0 Å². The largest absolute Gasteiger partial charge is 0.496 e. The normalized spacial score (nSPS) is 16.4. The predicted molar refractivity (Wildman–Crippen MR) is 127 cm³/mol. The van der Waals surface area contributed by atoms with E-state index in [2.05, 4.69) is 15.1 Å². The van der Waals surface area contributed by atoms with E-state index in [0.29, 0.717) is 65.8 Å². The first kappa shape index (κ1) is 22.6. The molecule has 0 amide bonds. The van der Waals surface area contributed by atoms with Gasteiger partial charge >= 0.3 is 0 Å². The van der Waals surface area contributed by atoms with E-state index in [-0.39, 0.29) is 17.9 Å². The van der Waals surface area contributed by atoms with Gasteiger partial charge in [0, 0.05) is 55.8 Å². The number of hydrogen-bond acceptors (Lipinski definition) is 9. The lowest BCUT2D eigenvalue weighted by atomic mass is 9.82. The minimum atomic E-state index is -0.589. The number of benzene rings is 2. The summed E-state index contributed by atoms with van der Waals surface area (Å²) in [6.45, 7) is 1.29. The summed E-state index contributed by atoms with van der Waals surface area (Å²) in [7, 11) is 3.09. The van der Waals surface area contributed by atoms with Crippen LogP contribution in [0.4, 0.5) is 11.5 Å². The molecule has 2 aromatic carbocycles. The number of anilines is 1. The van der Waals surface area contributed by atoms with Gasteiger partial charge < -0.3 is 19.1 Å². The molecule has 0 N–H and O–H groups in total. The predicted octanol–water partition coefficient (Wildman–Crippen LogP) is 4.07. The third kappa shape index (κ3) is 4.23. The molecule has 0 radical (unpaired) electrons. The first-order valence-corrected chi connectivity index (χ1v) is 11.2. The lowest BCUT2D eigenvalue weighted by molar-refractivity contribution is -0.384. The molecule has 1 fully saturated rings. The Bertz CT molecular complexity index is 1290. The highest BCUT2D eigenvalue weighted by Crippen LogP contribution is 2.45. The molecule has 3 aromatic rings. The first-order valence-electron chi connectivity index (χ1n) is 11.2. The molecule has 0 bridgehead atoms. The average Bonchev–Trinajstić information content (AvgIpc) is 2.88. The number of Topliss-reactive ketones (excluding diaryl/α,β-unsaturated/α-hetero) is 1. The Hall–Kier alpha value is -4.21. The molecule has 5 rings (SSSR count). The van der Waals surface area contributed by atoms with Crippen molar-refractivity contribution in [2.45, 2.75) is 24.9 Å². The molecule has 1 spiro atoms. The van der Waals surface area contributed by atoms with Gasteiger partial charge in [0.25, 0.3) is 5.69 Å². The Labute approximate surface area is 201 Å². The maximum absolute atomic E-state index is 13.0. The number of piperidine rings is 1. The van der Waals surface area contributed by atoms with E-state index in [1.54, 1.807) is 37.4 Å². The molecule has 0 saturated carbocycles. The van der Waals surface area contributed by atoms with Crippen molar-refractivity contribution in [1.82, 2.24) is 10.2 Å². The van der Waals surface area contributed by atoms with Crippen LogP contribution in [0.25, 0.3) is 11.3 Å². The summed E-state index contributed by atoms with van der Waals surface area (Å²) < 4.78 is 17.1. The van der Waals surface area contributed by atoms with E-state index in [1.807, 2.05) is 6.07 Å². The van der Waals surface area contributed by atoms with Crippen LogP contribution < -0.4 is 19.1 Å². The number of methoxy groups -OCH3 is 2. The van der Waals surface area contributed by atoms with E-state index in [9.17, 15) is 14.9 Å². The SMILES string of the molecule is COc1cc(OC)c2c(c1)OC1(CCN(c3ccc(-c4cccc([N+](=O)[O-])c4)nn3)CC1)CC2=O. The van der Waals surface area contributed by atoms with E-state index in [1.165, 1.54) is 19.2 Å². The minimum Gasteiger partial charge on any atom is -0.496 e. The highest BCUT2D eigenvalue weighted by molar-refractivity contribution is 6.03. The number of rotatable bonds is 5. The summed E-state index contributed by atoms with van der Waals surface area (Å²) in [6, 6.07) is 13.4. The standard InChI is InChI=1S/C25H24N4O6/c1-33-18-13-21(34-2)24-20(30)15-25(35-22(24)14-18)8-10-28(11-9-25)23-7-6-19(26-27-23)16-4-3-5-17(12-16)29(31)32/h3-7,12-14H,8-11,15H2,1-2H3. The number of nitro groups is 1. The number of hydrogen-bond donors (Lipinski definition) is 0. The Balaban J connectivity index is 1.31. The van der Waals surface area contributed by atoms with Crippen LogP contribution in [-0.2, 0) is 0 Å². The first-order chi connectivity index (χ1) is 16.9. The maximum atomic E-state index is 13.0. The fourth-order valence-corrected chi connectivity index (χ4v) is 4.70. The number of non-ortho nitro benzene ring substituents is 1. The van der Waals surface area contributed by atoms with Crippen LogP contribution >= 0.6 is 0 Å². The fraction of sp³-hybridized carbons (Fsp3) is 0.320. The molecule has 1 saturated heterocycles. The number of nitrogens with zero attached hydrogens (tertiary/aromatic N) is 4. The maximum Gasteiger partial charge on any atom is 0.270 e. The molecular formula is C25H24N4O6. The summed E-state index contributed by atoms with van der Waals surface area (Å²) >= 11 is 0. The highest BCUT2D eigenvalue weighted by Gasteiger charge is 2.44. The van der Waals surface area contributed by atoms with Gasteiger partial charge in [0.2, 0.25) is 0 Å². The number of fused-ring (bicyclic) bond motifs is 1. The molecule has 1 aromatic heterocycles. The number of aromatic nitrogens is 2. The Morgan fingerprint density at radius 1 is 1.06 bits per heavy atom. The van der Waals surface area contributed by atoms with Gasteiger partial charge in [0.05, 0.1) is 31.3 Å². The second-order valence-corrected chi connectivity index (χ2v) is 8.66. The van der Waals surface area contributed by atoms with Gasteiger partial charge in [0.1, 0.15) is 28.4 Å². The van der Waals surface area contributed by atoms with Gasteiger partial charge in [-0.05, 0) is 12.1 Å². The summed E-state index contributed by atoms with van der Waals surface area (Å²) in [6.07, 6.45) is 1.58. The summed E-state index contributed by atoms with van der Waals surface area (Å²) in [4.78, 5) is 25.8. The molecule has 10 heteroatoms. The van der Waals surface area contributed by atoms with Crippen LogP contribution in [0.15, 0.2) is 48.5 Å². The second kappa shape index (κ2) is 8.86. The summed E-state index contributed by atoms with van der Waals surface area (Å²) in [5, 5.41) is 19.7. The molecule has 0 atom stereocenters. The number of carbonyl (C=O) groups is 1. The molecule has 10 nitrogen and oxygen atoms in total. The smallest absolute Gasteiger partial charge is 0.270 e. The van der Waals surface area contributed by atoms with Crippen molar-refractivity contribution in [3.8, 4) is 28.5 Å². The molecular weight excluding hydrogens is 452 g/mol. The van der Waals surface area contributed by atoms with E-state index in [0.717, 1.165) is 0 Å². The zero-order valence-corrected chi connectivity index (χ0v) is 19.4. The monoisotopic (exact) mass is 476 g/mol. The zero-order valence-electron chi connectivity index (χ0n) is 19.4. The quantitative estimate of drug-likeness (QED) is 0.397. The van der Waals surface area contributed by atoms with Gasteiger partial charge in [-0.25, -0.2) is 0 Å². The van der Waals surface area contributed by atoms with Crippen LogP contribution in [-0.4, -0.2) is 53.8 Å². The minimum absolute atomic E-state index is 0.000280. The summed E-state index contributed by atoms with van der Waals surface area (Å²) in [5.74, 6) is 2.23. The third-order valence-corrected chi connectivity index (χ3v) is 6.59. The molecule has 3 heterocycles. The van der Waals surface area contributed by atoms with Crippen molar-refractivity contribution in [3.05, 3.63) is 64.2 Å². The zero-order chi connectivity index (χ0) is 24.6. The number of ether oxygens (including phenoxy) is 3. The lowest BCUT2D eigenvalue weighted by Crippen LogP contribution is -2.51. The van der Waals surface area contributed by atoms with Crippen LogP contribution in [0.3, 0.4) is 0 Å². The fourth-order valence-electron chi connectivity index (χ4n) is 4.70. The Kier molecular flexibility index (Phi) is 5.72. The van der Waals surface area contributed by atoms with Gasteiger partial charge in [-0.1, -0.05) is 12.1 Å². The van der Waals surface area contributed by atoms with Gasteiger partial charge in [0.15, 0.2) is 11.6 Å². The summed E-state index contributed by atoms with van der Waals surface area (Å²) in [5.41, 5.74) is 1.08. The molecule has 180 valence electrons. The Morgan fingerprint density at radius 2 is 1.86 bits per heavy atom. The van der Waals surface area contributed by atoms with Crippen LogP contribution in [0.2, 0.25) is 0 Å².